The number of benzene rings is 2. The van der Waals surface area contributed by atoms with Gasteiger partial charge in [0, 0.05) is 12.1 Å². The summed E-state index contributed by atoms with van der Waals surface area (Å²) in [6.07, 6.45) is -6.97. The topological polar surface area (TPSA) is 91.4 Å². The van der Waals surface area contributed by atoms with E-state index in [0.717, 1.165) is 23.8 Å². The summed E-state index contributed by atoms with van der Waals surface area (Å²) in [5.74, 6) is -1.89. The Hall–Kier alpha value is -4.02. The van der Waals surface area contributed by atoms with E-state index in [-0.39, 0.29) is 25.3 Å². The van der Waals surface area contributed by atoms with E-state index in [1.165, 1.54) is 24.1 Å². The van der Waals surface area contributed by atoms with Gasteiger partial charge in [0.2, 0.25) is 0 Å². The first-order valence-electron chi connectivity index (χ1n) is 11.5. The first-order valence-corrected chi connectivity index (χ1v) is 11.5. The normalized spacial score (nSPS) is 20.2. The van der Waals surface area contributed by atoms with E-state index in [4.69, 9.17) is 18.9 Å². The largest absolute Gasteiger partial charge is 0.497 e. The maximum Gasteiger partial charge on any atom is 0.416 e. The summed E-state index contributed by atoms with van der Waals surface area (Å²) in [7, 11) is 1.22. The van der Waals surface area contributed by atoms with E-state index in [9.17, 15) is 27.6 Å². The van der Waals surface area contributed by atoms with Gasteiger partial charge in [-0.25, -0.2) is 14.4 Å². The van der Waals surface area contributed by atoms with Crippen molar-refractivity contribution in [3.63, 3.8) is 0 Å². The molecule has 0 bridgehead atoms. The van der Waals surface area contributed by atoms with Crippen LogP contribution in [0.4, 0.5) is 18.0 Å². The van der Waals surface area contributed by atoms with Gasteiger partial charge in [-0.15, -0.1) is 0 Å². The molecule has 2 aromatic carbocycles. The minimum absolute atomic E-state index is 0.0143. The zero-order chi connectivity index (χ0) is 26.6. The fourth-order valence-electron chi connectivity index (χ4n) is 4.33. The quantitative estimate of drug-likeness (QED) is 0.392. The first-order chi connectivity index (χ1) is 17.7. The number of halogens is 3. The van der Waals surface area contributed by atoms with Crippen molar-refractivity contribution >= 4 is 18.0 Å². The lowest BCUT2D eigenvalue weighted by Crippen LogP contribution is -2.43. The lowest BCUT2D eigenvalue weighted by molar-refractivity contribution is -0.168. The number of hydrogen-bond acceptors (Lipinski definition) is 7. The number of amides is 1. The Morgan fingerprint density at radius 2 is 1.81 bits per heavy atom. The molecule has 8 nitrogen and oxygen atoms in total. The van der Waals surface area contributed by atoms with Crippen LogP contribution in [-0.2, 0) is 41.3 Å². The summed E-state index contributed by atoms with van der Waals surface area (Å²) in [4.78, 5) is 39.1. The van der Waals surface area contributed by atoms with Crippen molar-refractivity contribution in [3.8, 4) is 0 Å². The van der Waals surface area contributed by atoms with Gasteiger partial charge in [-0.2, -0.15) is 13.2 Å². The van der Waals surface area contributed by atoms with Crippen LogP contribution in [0.15, 0.2) is 66.4 Å². The van der Waals surface area contributed by atoms with Crippen LogP contribution in [0.2, 0.25) is 0 Å². The lowest BCUT2D eigenvalue weighted by Gasteiger charge is -2.29. The van der Waals surface area contributed by atoms with Gasteiger partial charge in [0.1, 0.15) is 18.4 Å². The summed E-state index contributed by atoms with van der Waals surface area (Å²) in [6.45, 7) is 0.193. The van der Waals surface area contributed by atoms with Gasteiger partial charge in [-0.3, -0.25) is 4.90 Å². The molecule has 2 aliphatic rings. The van der Waals surface area contributed by atoms with Crippen molar-refractivity contribution in [3.05, 3.63) is 83.1 Å². The Kier molecular flexibility index (Phi) is 7.70. The van der Waals surface area contributed by atoms with Crippen LogP contribution >= 0.6 is 0 Å². The number of methoxy groups -OCH3 is 1. The molecule has 11 heteroatoms. The predicted octanol–water partition coefficient (Wildman–Crippen LogP) is 4.55. The fraction of sp³-hybridized carbons (Fsp3) is 0.346. The molecule has 196 valence electrons. The predicted molar refractivity (Wildman–Crippen MR) is 122 cm³/mol. The molecule has 1 saturated heterocycles. The number of rotatable bonds is 7. The van der Waals surface area contributed by atoms with E-state index in [0.29, 0.717) is 6.42 Å². The third-order valence-electron chi connectivity index (χ3n) is 6.07. The van der Waals surface area contributed by atoms with Gasteiger partial charge in [0.25, 0.3) is 0 Å². The smallest absolute Gasteiger partial charge is 0.416 e. The van der Waals surface area contributed by atoms with Crippen LogP contribution in [0.3, 0.4) is 0 Å². The third kappa shape index (κ3) is 5.87. The fourth-order valence-corrected chi connectivity index (χ4v) is 4.33. The number of cyclic esters (lactones) is 1. The minimum Gasteiger partial charge on any atom is -0.497 e. The van der Waals surface area contributed by atoms with Gasteiger partial charge in [-0.05, 0) is 24.5 Å². The average molecular weight is 519 g/mol. The highest BCUT2D eigenvalue weighted by Gasteiger charge is 2.45. The molecule has 2 aromatic rings. The number of ether oxygens (including phenoxy) is 4. The SMILES string of the molecule is COC1=CC(=O)OC1C(OC(=O)[C@@H]1CCCN1C(=O)OCc1ccccc1)c1ccccc1C(F)(F)F. The third-order valence-corrected chi connectivity index (χ3v) is 6.07. The van der Waals surface area contributed by atoms with Gasteiger partial charge in [0.15, 0.2) is 12.2 Å². The Morgan fingerprint density at radius 1 is 1.11 bits per heavy atom. The van der Waals surface area contributed by atoms with Crippen LogP contribution in [0.1, 0.15) is 35.6 Å². The monoisotopic (exact) mass is 519 g/mol. The summed E-state index contributed by atoms with van der Waals surface area (Å²) in [5, 5.41) is 0. The summed E-state index contributed by atoms with van der Waals surface area (Å²) in [6, 6.07) is 12.4. The van der Waals surface area contributed by atoms with Crippen molar-refractivity contribution in [2.45, 2.75) is 43.9 Å². The molecule has 0 radical (unpaired) electrons. The maximum absolute atomic E-state index is 13.8. The molecule has 3 atom stereocenters. The van der Waals surface area contributed by atoms with Crippen molar-refractivity contribution in [2.75, 3.05) is 13.7 Å². The Balaban J connectivity index is 1.57. The van der Waals surface area contributed by atoms with Gasteiger partial charge in [-0.1, -0.05) is 48.5 Å². The Labute approximate surface area is 210 Å². The molecule has 1 amide bonds. The number of likely N-dealkylation sites (tertiary alicyclic amines) is 1. The standard InChI is InChI=1S/C26H24F3NO7/c1-34-20-14-21(31)36-23(20)22(17-10-5-6-11-18(17)26(27,28)29)37-24(32)19-12-7-13-30(19)25(33)35-15-16-8-3-2-4-9-16/h2-6,8-11,14,19,22-23H,7,12-13,15H2,1H3/t19-,22?,23?/m0/s1. The highest BCUT2D eigenvalue weighted by Crippen LogP contribution is 2.40. The van der Waals surface area contributed by atoms with E-state index in [1.54, 1.807) is 24.3 Å². The molecule has 2 unspecified atom stereocenters. The molecule has 0 aromatic heterocycles. The number of alkyl halides is 3. The minimum atomic E-state index is -4.78. The number of hydrogen-bond donors (Lipinski definition) is 0. The van der Waals surface area contributed by atoms with Crippen molar-refractivity contribution in [1.82, 2.24) is 4.90 Å². The van der Waals surface area contributed by atoms with E-state index < -0.39 is 53.6 Å². The molecule has 0 N–H and O–H groups in total. The number of carbonyl (C=O) groups excluding carboxylic acids is 3. The maximum atomic E-state index is 13.8. The number of nitrogens with zero attached hydrogens (tertiary/aromatic N) is 1. The second kappa shape index (κ2) is 10.9. The summed E-state index contributed by atoms with van der Waals surface area (Å²) in [5.41, 5.74) is -0.723. The Bertz CT molecular complexity index is 1180. The highest BCUT2D eigenvalue weighted by atomic mass is 19.4. The van der Waals surface area contributed by atoms with Crippen molar-refractivity contribution < 1.29 is 46.5 Å². The second-order valence-corrected chi connectivity index (χ2v) is 8.44. The van der Waals surface area contributed by atoms with Crippen LogP contribution in [0.25, 0.3) is 0 Å². The molecule has 0 spiro atoms. The van der Waals surface area contributed by atoms with Crippen molar-refractivity contribution in [2.24, 2.45) is 0 Å². The zero-order valence-electron chi connectivity index (χ0n) is 19.8. The highest BCUT2D eigenvalue weighted by molar-refractivity contribution is 5.86. The van der Waals surface area contributed by atoms with Crippen molar-refractivity contribution in [1.29, 1.82) is 0 Å². The number of esters is 2. The van der Waals surface area contributed by atoms with Crippen LogP contribution in [0, 0.1) is 0 Å². The van der Waals surface area contributed by atoms with E-state index in [2.05, 4.69) is 0 Å². The second-order valence-electron chi connectivity index (χ2n) is 8.44. The zero-order valence-corrected chi connectivity index (χ0v) is 19.8. The summed E-state index contributed by atoms with van der Waals surface area (Å²) < 4.78 is 62.6. The van der Waals surface area contributed by atoms with Gasteiger partial charge in [0.05, 0.1) is 18.7 Å². The van der Waals surface area contributed by atoms with Crippen LogP contribution in [-0.4, -0.2) is 48.7 Å². The molecule has 0 aliphatic carbocycles. The van der Waals surface area contributed by atoms with Crippen LogP contribution < -0.4 is 0 Å². The van der Waals surface area contributed by atoms with E-state index in [1.807, 2.05) is 6.07 Å². The molecule has 37 heavy (non-hydrogen) atoms. The molecule has 2 heterocycles. The molecular formula is C26H24F3NO7. The lowest BCUT2D eigenvalue weighted by atomic mass is 9.97. The Morgan fingerprint density at radius 3 is 2.51 bits per heavy atom. The van der Waals surface area contributed by atoms with Gasteiger partial charge >= 0.3 is 24.2 Å². The molecule has 1 fully saturated rings. The number of carbonyl (C=O) groups is 3. The average Bonchev–Trinajstić information content (AvgIpc) is 3.52. The first kappa shape index (κ1) is 26.1. The summed E-state index contributed by atoms with van der Waals surface area (Å²) >= 11 is 0. The molecule has 0 saturated carbocycles. The van der Waals surface area contributed by atoms with E-state index >= 15 is 0 Å². The van der Waals surface area contributed by atoms with Gasteiger partial charge < -0.3 is 18.9 Å². The molecular weight excluding hydrogens is 495 g/mol. The molecule has 2 aliphatic heterocycles. The molecule has 4 rings (SSSR count). The van der Waals surface area contributed by atoms with Crippen LogP contribution in [0.5, 0.6) is 0 Å².